The maximum atomic E-state index is 12.6. The normalized spacial score (nSPS) is 16.6. The first-order valence-corrected chi connectivity index (χ1v) is 8.01. The van der Waals surface area contributed by atoms with Crippen LogP contribution in [0.3, 0.4) is 0 Å². The van der Waals surface area contributed by atoms with Gasteiger partial charge in [0.1, 0.15) is 6.10 Å². The summed E-state index contributed by atoms with van der Waals surface area (Å²) in [5.74, 6) is -0.0438. The molecule has 3 rings (SSSR count). The smallest absolute Gasteiger partial charge is 0.337 e. The van der Waals surface area contributed by atoms with Crippen LogP contribution in [0.4, 0.5) is 0 Å². The van der Waals surface area contributed by atoms with E-state index in [9.17, 15) is 9.59 Å². The van der Waals surface area contributed by atoms with Gasteiger partial charge < -0.3 is 14.4 Å². The lowest BCUT2D eigenvalue weighted by Crippen LogP contribution is -2.31. The summed E-state index contributed by atoms with van der Waals surface area (Å²) in [6.45, 7) is 2.97. The highest BCUT2D eigenvalue weighted by Gasteiger charge is 2.28. The number of aryl methyl sites for hydroxylation is 1. The summed E-state index contributed by atoms with van der Waals surface area (Å²) in [5.41, 5.74) is 1.77. The van der Waals surface area contributed by atoms with E-state index in [2.05, 4.69) is 14.9 Å². The number of nitrogens with zero attached hydrogens (tertiary/aromatic N) is 3. The molecule has 25 heavy (non-hydrogen) atoms. The molecule has 0 spiro atoms. The lowest BCUT2D eigenvalue weighted by Gasteiger charge is -2.17. The highest BCUT2D eigenvalue weighted by molar-refractivity contribution is 5.96. The number of benzene rings is 1. The Balaban J connectivity index is 1.60. The summed E-state index contributed by atoms with van der Waals surface area (Å²) in [6, 6.07) is 10.1. The van der Waals surface area contributed by atoms with Gasteiger partial charge in [0.15, 0.2) is 0 Å². The number of carbonyl (C=O) groups excluding carboxylic acids is 2. The van der Waals surface area contributed by atoms with Crippen LogP contribution in [0.25, 0.3) is 0 Å². The van der Waals surface area contributed by atoms with Gasteiger partial charge in [-0.3, -0.25) is 4.79 Å². The minimum absolute atomic E-state index is 0.0856. The van der Waals surface area contributed by atoms with E-state index in [1.807, 2.05) is 13.0 Å². The highest BCUT2D eigenvalue weighted by Crippen LogP contribution is 2.18. The number of aromatic nitrogens is 2. The quantitative estimate of drug-likeness (QED) is 0.790. The van der Waals surface area contributed by atoms with E-state index in [1.54, 1.807) is 35.2 Å². The molecule has 2 heterocycles. The molecule has 0 radical (unpaired) electrons. The van der Waals surface area contributed by atoms with Crippen LogP contribution in [0.1, 0.15) is 32.8 Å². The number of hydrogen-bond donors (Lipinski definition) is 0. The van der Waals surface area contributed by atoms with Gasteiger partial charge >= 0.3 is 5.97 Å². The molecule has 1 amide bonds. The molecular formula is C18H19N3O4. The summed E-state index contributed by atoms with van der Waals surface area (Å²) < 4.78 is 10.4. The molecule has 1 aliphatic rings. The van der Waals surface area contributed by atoms with Crippen LogP contribution in [-0.4, -0.2) is 53.3 Å². The van der Waals surface area contributed by atoms with E-state index in [4.69, 9.17) is 4.74 Å². The van der Waals surface area contributed by atoms with Gasteiger partial charge in [-0.05, 0) is 37.3 Å². The Morgan fingerprint density at radius 1 is 1.08 bits per heavy atom. The van der Waals surface area contributed by atoms with E-state index < -0.39 is 5.97 Å². The molecule has 1 aliphatic heterocycles. The lowest BCUT2D eigenvalue weighted by atomic mass is 10.1. The molecule has 1 unspecified atom stereocenters. The van der Waals surface area contributed by atoms with E-state index in [0.29, 0.717) is 30.1 Å². The standard InChI is InChI=1S/C18H19N3O4/c1-12-3-8-16(20-19-12)25-15-9-10-21(11-15)17(22)13-4-6-14(7-5-13)18(23)24-2/h3-8,15H,9-11H2,1-2H3. The molecule has 0 bridgehead atoms. The van der Waals surface area contributed by atoms with Gasteiger partial charge in [0.2, 0.25) is 5.88 Å². The summed E-state index contributed by atoms with van der Waals surface area (Å²) in [6.07, 6.45) is 0.636. The molecule has 130 valence electrons. The maximum Gasteiger partial charge on any atom is 0.337 e. The van der Waals surface area contributed by atoms with Crippen LogP contribution in [0, 0.1) is 6.92 Å². The van der Waals surface area contributed by atoms with E-state index in [0.717, 1.165) is 12.1 Å². The topological polar surface area (TPSA) is 81.6 Å². The van der Waals surface area contributed by atoms with Gasteiger partial charge in [-0.2, -0.15) is 5.10 Å². The second-order valence-corrected chi connectivity index (χ2v) is 5.86. The first kappa shape index (κ1) is 16.9. The first-order chi connectivity index (χ1) is 12.1. The Labute approximate surface area is 145 Å². The molecule has 1 aromatic heterocycles. The van der Waals surface area contributed by atoms with E-state index >= 15 is 0 Å². The molecule has 1 aromatic carbocycles. The predicted molar refractivity (Wildman–Crippen MR) is 89.5 cm³/mol. The Morgan fingerprint density at radius 3 is 2.44 bits per heavy atom. The van der Waals surface area contributed by atoms with Crippen LogP contribution in [0.5, 0.6) is 5.88 Å². The molecule has 0 aliphatic carbocycles. The van der Waals surface area contributed by atoms with Crippen molar-refractivity contribution in [2.24, 2.45) is 0 Å². The van der Waals surface area contributed by atoms with Crippen molar-refractivity contribution in [1.29, 1.82) is 0 Å². The molecule has 0 N–H and O–H groups in total. The molecular weight excluding hydrogens is 322 g/mol. The van der Waals surface area contributed by atoms with Gasteiger partial charge in [0.25, 0.3) is 5.91 Å². The number of carbonyl (C=O) groups is 2. The molecule has 7 heteroatoms. The number of esters is 1. The Hall–Kier alpha value is -2.96. The number of amides is 1. The Kier molecular flexibility index (Phi) is 4.92. The van der Waals surface area contributed by atoms with Gasteiger partial charge in [-0.1, -0.05) is 0 Å². The van der Waals surface area contributed by atoms with Crippen molar-refractivity contribution in [3.8, 4) is 5.88 Å². The summed E-state index contributed by atoms with van der Waals surface area (Å²) in [5, 5.41) is 7.94. The third-order valence-electron chi connectivity index (χ3n) is 4.05. The molecule has 0 saturated carbocycles. The van der Waals surface area contributed by atoms with E-state index in [1.165, 1.54) is 7.11 Å². The number of ether oxygens (including phenoxy) is 2. The van der Waals surface area contributed by atoms with Gasteiger partial charge in [0.05, 0.1) is 24.9 Å². The monoisotopic (exact) mass is 341 g/mol. The lowest BCUT2D eigenvalue weighted by molar-refractivity contribution is 0.0600. The fraction of sp³-hybridized carbons (Fsp3) is 0.333. The number of likely N-dealkylation sites (tertiary alicyclic amines) is 1. The minimum Gasteiger partial charge on any atom is -0.471 e. The van der Waals surface area contributed by atoms with Crippen LogP contribution in [0.15, 0.2) is 36.4 Å². The number of rotatable bonds is 4. The third kappa shape index (κ3) is 3.93. The highest BCUT2D eigenvalue weighted by atomic mass is 16.5. The number of methoxy groups -OCH3 is 1. The van der Waals surface area contributed by atoms with Gasteiger partial charge in [0, 0.05) is 24.6 Å². The zero-order chi connectivity index (χ0) is 17.8. The minimum atomic E-state index is -0.423. The van der Waals surface area contributed by atoms with E-state index in [-0.39, 0.29) is 12.0 Å². The van der Waals surface area contributed by atoms with Crippen molar-refractivity contribution < 1.29 is 19.1 Å². The van der Waals surface area contributed by atoms with Gasteiger partial charge in [-0.25, -0.2) is 4.79 Å². The van der Waals surface area contributed by atoms with Crippen molar-refractivity contribution >= 4 is 11.9 Å². The maximum absolute atomic E-state index is 12.6. The second-order valence-electron chi connectivity index (χ2n) is 5.86. The van der Waals surface area contributed by atoms with Crippen LogP contribution in [-0.2, 0) is 4.74 Å². The van der Waals surface area contributed by atoms with Crippen molar-refractivity contribution in [1.82, 2.24) is 15.1 Å². The number of hydrogen-bond acceptors (Lipinski definition) is 6. The molecule has 2 aromatic rings. The molecule has 1 atom stereocenters. The van der Waals surface area contributed by atoms with Crippen molar-refractivity contribution in [2.45, 2.75) is 19.4 Å². The average molecular weight is 341 g/mol. The zero-order valence-electron chi connectivity index (χ0n) is 14.1. The SMILES string of the molecule is COC(=O)c1ccc(C(=O)N2CCC(Oc3ccc(C)nn3)C2)cc1. The second kappa shape index (κ2) is 7.29. The van der Waals surface area contributed by atoms with Crippen molar-refractivity contribution in [3.63, 3.8) is 0 Å². The fourth-order valence-electron chi connectivity index (χ4n) is 2.68. The first-order valence-electron chi connectivity index (χ1n) is 8.01. The largest absolute Gasteiger partial charge is 0.471 e. The molecule has 7 nitrogen and oxygen atoms in total. The third-order valence-corrected chi connectivity index (χ3v) is 4.05. The fourth-order valence-corrected chi connectivity index (χ4v) is 2.68. The predicted octanol–water partition coefficient (Wildman–Crippen LogP) is 1.87. The average Bonchev–Trinajstić information content (AvgIpc) is 3.11. The molecule has 1 saturated heterocycles. The van der Waals surface area contributed by atoms with Crippen LogP contribution in [0.2, 0.25) is 0 Å². The van der Waals surface area contributed by atoms with Crippen molar-refractivity contribution in [2.75, 3.05) is 20.2 Å². The summed E-state index contributed by atoms with van der Waals surface area (Å²) in [7, 11) is 1.32. The zero-order valence-corrected chi connectivity index (χ0v) is 14.1. The Bertz CT molecular complexity index is 759. The summed E-state index contributed by atoms with van der Waals surface area (Å²) in [4.78, 5) is 25.7. The van der Waals surface area contributed by atoms with Crippen LogP contribution < -0.4 is 4.74 Å². The van der Waals surface area contributed by atoms with Gasteiger partial charge in [-0.15, -0.1) is 5.10 Å². The Morgan fingerprint density at radius 2 is 1.80 bits per heavy atom. The molecule has 1 fully saturated rings. The summed E-state index contributed by atoms with van der Waals surface area (Å²) >= 11 is 0. The van der Waals surface area contributed by atoms with Crippen LogP contribution >= 0.6 is 0 Å². The van der Waals surface area contributed by atoms with Crippen molar-refractivity contribution in [3.05, 3.63) is 53.2 Å².